The summed E-state index contributed by atoms with van der Waals surface area (Å²) in [5.74, 6) is 0.0717. The van der Waals surface area contributed by atoms with Crippen LogP contribution in [0.3, 0.4) is 0 Å². The highest BCUT2D eigenvalue weighted by molar-refractivity contribution is 6.46. The van der Waals surface area contributed by atoms with Gasteiger partial charge < -0.3 is 10.1 Å². The maximum absolute atomic E-state index is 11.8. The number of nitrogens with zero attached hydrogens (tertiary/aromatic N) is 1. The fraction of sp³-hybridized carbons (Fsp3) is 0.357. The molecule has 2 rings (SSSR count). The van der Waals surface area contributed by atoms with Crippen LogP contribution in [0, 0.1) is 0 Å². The molecule has 20 heavy (non-hydrogen) atoms. The molecule has 0 atom stereocenters. The fourth-order valence-corrected chi connectivity index (χ4v) is 1.66. The zero-order valence-electron chi connectivity index (χ0n) is 11.7. The molecule has 0 radical (unpaired) electrons. The van der Waals surface area contributed by atoms with Gasteiger partial charge in [-0.3, -0.25) is 9.59 Å². The Morgan fingerprint density at radius 1 is 1.30 bits per heavy atom. The average molecular weight is 275 g/mol. The van der Waals surface area contributed by atoms with E-state index >= 15 is 0 Å². The van der Waals surface area contributed by atoms with Gasteiger partial charge in [0.25, 0.3) is 5.91 Å². The molecular weight excluding hydrogens is 258 g/mol. The molecule has 0 saturated carbocycles. The lowest BCUT2D eigenvalue weighted by atomic mass is 10.2. The summed E-state index contributed by atoms with van der Waals surface area (Å²) < 4.78 is 5.68. The van der Waals surface area contributed by atoms with E-state index in [1.807, 2.05) is 20.8 Å². The molecule has 1 aromatic rings. The van der Waals surface area contributed by atoms with Gasteiger partial charge in [-0.2, -0.15) is 5.10 Å². The van der Waals surface area contributed by atoms with Crippen molar-refractivity contribution < 1.29 is 14.3 Å². The third-order valence-corrected chi connectivity index (χ3v) is 2.44. The molecule has 2 amide bonds. The quantitative estimate of drug-likeness (QED) is 0.880. The second-order valence-electron chi connectivity index (χ2n) is 5.46. The maximum Gasteiger partial charge on any atom is 0.272 e. The molecule has 6 heteroatoms. The summed E-state index contributed by atoms with van der Waals surface area (Å²) in [4.78, 5) is 22.8. The van der Waals surface area contributed by atoms with Crippen molar-refractivity contribution in [1.82, 2.24) is 5.43 Å². The highest BCUT2D eigenvalue weighted by Gasteiger charge is 2.21. The highest BCUT2D eigenvalue weighted by atomic mass is 16.5. The average Bonchev–Trinajstić information content (AvgIpc) is 2.77. The molecule has 0 saturated heterocycles. The van der Waals surface area contributed by atoms with Crippen LogP contribution < -0.4 is 15.5 Å². The molecule has 0 spiro atoms. The molecule has 0 fully saturated rings. The lowest BCUT2D eigenvalue weighted by Crippen LogP contribution is -2.23. The molecule has 1 heterocycles. The number of benzene rings is 1. The molecule has 1 aromatic carbocycles. The van der Waals surface area contributed by atoms with Gasteiger partial charge in [0.1, 0.15) is 17.1 Å². The van der Waals surface area contributed by atoms with E-state index in [-0.39, 0.29) is 29.5 Å². The minimum absolute atomic E-state index is 0.0110. The lowest BCUT2D eigenvalue weighted by Gasteiger charge is -2.21. The van der Waals surface area contributed by atoms with Gasteiger partial charge in [0.05, 0.1) is 6.42 Å². The Morgan fingerprint density at radius 2 is 1.95 bits per heavy atom. The van der Waals surface area contributed by atoms with E-state index in [9.17, 15) is 9.59 Å². The van der Waals surface area contributed by atoms with Crippen LogP contribution in [0.15, 0.2) is 29.4 Å². The van der Waals surface area contributed by atoms with Crippen molar-refractivity contribution in [2.24, 2.45) is 5.10 Å². The van der Waals surface area contributed by atoms with E-state index in [0.717, 1.165) is 5.75 Å². The molecule has 1 aliphatic heterocycles. The first kappa shape index (κ1) is 14.0. The van der Waals surface area contributed by atoms with Crippen molar-refractivity contribution in [1.29, 1.82) is 0 Å². The van der Waals surface area contributed by atoms with Crippen LogP contribution in [0.25, 0.3) is 0 Å². The Hall–Kier alpha value is -2.37. The third kappa shape index (κ3) is 3.81. The van der Waals surface area contributed by atoms with Gasteiger partial charge in [0, 0.05) is 5.69 Å². The first-order valence-electron chi connectivity index (χ1n) is 6.29. The summed E-state index contributed by atoms with van der Waals surface area (Å²) in [7, 11) is 0. The topological polar surface area (TPSA) is 79.8 Å². The normalized spacial score (nSPS) is 14.6. The molecule has 0 aromatic heterocycles. The number of hydrazone groups is 1. The van der Waals surface area contributed by atoms with E-state index in [1.54, 1.807) is 24.3 Å². The van der Waals surface area contributed by atoms with Crippen molar-refractivity contribution in [2.45, 2.75) is 32.8 Å². The Bertz CT molecular complexity index is 556. The lowest BCUT2D eigenvalue weighted by molar-refractivity contribution is -0.119. The molecule has 106 valence electrons. The van der Waals surface area contributed by atoms with E-state index in [0.29, 0.717) is 5.69 Å². The number of carbonyl (C=O) groups is 2. The first-order valence-corrected chi connectivity index (χ1v) is 6.29. The van der Waals surface area contributed by atoms with Gasteiger partial charge in [-0.05, 0) is 45.0 Å². The monoisotopic (exact) mass is 275 g/mol. The number of hydrogen-bond acceptors (Lipinski definition) is 4. The Labute approximate surface area is 117 Å². The van der Waals surface area contributed by atoms with Crippen LogP contribution in [0.1, 0.15) is 27.2 Å². The smallest absolute Gasteiger partial charge is 0.272 e. The number of ether oxygens (including phenoxy) is 1. The van der Waals surface area contributed by atoms with Crippen molar-refractivity contribution in [3.63, 3.8) is 0 Å². The molecule has 0 bridgehead atoms. The van der Waals surface area contributed by atoms with Gasteiger partial charge in [0.15, 0.2) is 0 Å². The minimum atomic E-state index is -0.382. The number of carbonyl (C=O) groups excluding carboxylic acids is 2. The van der Waals surface area contributed by atoms with Gasteiger partial charge in [-0.25, -0.2) is 5.43 Å². The predicted molar refractivity (Wildman–Crippen MR) is 75.6 cm³/mol. The van der Waals surface area contributed by atoms with E-state index < -0.39 is 0 Å². The van der Waals surface area contributed by atoms with Crippen LogP contribution in [-0.4, -0.2) is 23.1 Å². The summed E-state index contributed by atoms with van der Waals surface area (Å²) in [6.07, 6.45) is 0.0110. The number of anilines is 1. The van der Waals surface area contributed by atoms with Crippen molar-refractivity contribution in [2.75, 3.05) is 5.32 Å². The molecule has 1 aliphatic rings. The summed E-state index contributed by atoms with van der Waals surface area (Å²) in [6.45, 7) is 5.89. The van der Waals surface area contributed by atoms with Crippen molar-refractivity contribution >= 4 is 23.2 Å². The zero-order valence-corrected chi connectivity index (χ0v) is 11.7. The SMILES string of the molecule is CC(C)(C)Oc1ccc(NC(=O)C2=NNC(=O)C2)cc1. The third-order valence-electron chi connectivity index (χ3n) is 2.44. The maximum atomic E-state index is 11.8. The summed E-state index contributed by atoms with van der Waals surface area (Å²) in [5.41, 5.74) is 2.78. The molecule has 0 unspecified atom stereocenters. The first-order chi connectivity index (χ1) is 9.33. The van der Waals surface area contributed by atoms with Crippen LogP contribution in [-0.2, 0) is 9.59 Å². The van der Waals surface area contributed by atoms with Crippen LogP contribution in [0.2, 0.25) is 0 Å². The largest absolute Gasteiger partial charge is 0.488 e. The van der Waals surface area contributed by atoms with Crippen LogP contribution >= 0.6 is 0 Å². The second-order valence-corrected chi connectivity index (χ2v) is 5.46. The number of amides is 2. The van der Waals surface area contributed by atoms with Gasteiger partial charge in [0.2, 0.25) is 5.91 Å². The Kier molecular flexibility index (Phi) is 3.74. The molecule has 6 nitrogen and oxygen atoms in total. The van der Waals surface area contributed by atoms with Gasteiger partial charge >= 0.3 is 0 Å². The van der Waals surface area contributed by atoms with Crippen molar-refractivity contribution in [3.8, 4) is 5.75 Å². The van der Waals surface area contributed by atoms with Crippen molar-refractivity contribution in [3.05, 3.63) is 24.3 Å². The van der Waals surface area contributed by atoms with E-state index in [4.69, 9.17) is 4.74 Å². The summed E-state index contributed by atoms with van der Waals surface area (Å²) in [6, 6.07) is 7.04. The molecular formula is C14H17N3O3. The Morgan fingerprint density at radius 3 is 2.45 bits per heavy atom. The highest BCUT2D eigenvalue weighted by Crippen LogP contribution is 2.20. The predicted octanol–water partition coefficient (Wildman–Crippen LogP) is 1.68. The van der Waals surface area contributed by atoms with Crippen LogP contribution in [0.5, 0.6) is 5.75 Å². The summed E-state index contributed by atoms with van der Waals surface area (Å²) >= 11 is 0. The second kappa shape index (κ2) is 5.32. The number of rotatable bonds is 3. The number of hydrogen-bond donors (Lipinski definition) is 2. The standard InChI is InChI=1S/C14H17N3O3/c1-14(2,3)20-10-6-4-9(5-7-10)15-13(19)11-8-12(18)17-16-11/h4-7H,8H2,1-3H3,(H,15,19)(H,17,18). The van der Waals surface area contributed by atoms with Gasteiger partial charge in [-0.1, -0.05) is 0 Å². The van der Waals surface area contributed by atoms with Crippen LogP contribution in [0.4, 0.5) is 5.69 Å². The fourth-order valence-electron chi connectivity index (χ4n) is 1.66. The Balaban J connectivity index is 1.97. The van der Waals surface area contributed by atoms with E-state index in [2.05, 4.69) is 15.8 Å². The van der Waals surface area contributed by atoms with E-state index in [1.165, 1.54) is 0 Å². The number of nitrogens with one attached hydrogen (secondary N) is 2. The molecule has 0 aliphatic carbocycles. The zero-order chi connectivity index (χ0) is 14.8. The minimum Gasteiger partial charge on any atom is -0.488 e. The summed E-state index contributed by atoms with van der Waals surface area (Å²) in [5, 5.41) is 6.34. The van der Waals surface area contributed by atoms with Gasteiger partial charge in [-0.15, -0.1) is 0 Å². The molecule has 2 N–H and O–H groups in total.